The van der Waals surface area contributed by atoms with Crippen molar-refractivity contribution in [3.63, 3.8) is 0 Å². The summed E-state index contributed by atoms with van der Waals surface area (Å²) in [6, 6.07) is 26.9. The first-order valence-electron chi connectivity index (χ1n) is 11.1. The van der Waals surface area contributed by atoms with Crippen molar-refractivity contribution in [2.24, 2.45) is 0 Å². The van der Waals surface area contributed by atoms with Crippen LogP contribution in [0.2, 0.25) is 0 Å². The van der Waals surface area contributed by atoms with Crippen molar-refractivity contribution < 1.29 is 14.2 Å². The molecule has 0 unspecified atom stereocenters. The summed E-state index contributed by atoms with van der Waals surface area (Å²) < 4.78 is 18.1. The second-order valence-corrected chi connectivity index (χ2v) is 8.98. The Labute approximate surface area is 197 Å². The number of para-hydroxylation sites is 1. The maximum atomic E-state index is 8.51. The fourth-order valence-corrected chi connectivity index (χ4v) is 4.78. The van der Waals surface area contributed by atoms with E-state index in [4.69, 9.17) is 25.0 Å². The van der Waals surface area contributed by atoms with E-state index >= 15 is 0 Å². The molecule has 2 N–H and O–H groups in total. The normalized spacial score (nSPS) is 13.9. The topological polar surface area (TPSA) is 75.4 Å². The Hall–Kier alpha value is -4.38. The van der Waals surface area contributed by atoms with Gasteiger partial charge >= 0.3 is 0 Å². The van der Waals surface area contributed by atoms with Gasteiger partial charge in [-0.2, -0.15) is 0 Å². The molecule has 5 heteroatoms. The summed E-state index contributed by atoms with van der Waals surface area (Å²) in [4.78, 5) is 0. The van der Waals surface area contributed by atoms with E-state index in [1.807, 2.05) is 30.3 Å². The lowest BCUT2D eigenvalue weighted by atomic mass is 9.82. The molecule has 0 atom stereocenters. The van der Waals surface area contributed by atoms with Crippen molar-refractivity contribution in [3.8, 4) is 34.1 Å². The molecule has 0 saturated heterocycles. The van der Waals surface area contributed by atoms with E-state index in [0.717, 1.165) is 5.56 Å². The number of benzene rings is 4. The summed E-state index contributed by atoms with van der Waals surface area (Å²) in [6.07, 6.45) is 0. The van der Waals surface area contributed by atoms with Gasteiger partial charge in [0.05, 0.1) is 5.56 Å². The molecule has 4 aromatic carbocycles. The van der Waals surface area contributed by atoms with Crippen LogP contribution in [0.3, 0.4) is 0 Å². The van der Waals surface area contributed by atoms with E-state index in [2.05, 4.69) is 44.2 Å². The standard InChI is InChI=1S/C29H22N2O3/c1-29(2)21-13-7-6-11-18(21)20-15-24-25(16-22(20)29)32-23-14-8-12-19(26(23)33-24)28(31)34-27(30)17-9-4-3-5-10-17/h3-16,30-31H,1-2H3. The van der Waals surface area contributed by atoms with E-state index in [-0.39, 0.29) is 17.2 Å². The summed E-state index contributed by atoms with van der Waals surface area (Å²) in [6.45, 7) is 4.44. The quantitative estimate of drug-likeness (QED) is 0.221. The van der Waals surface area contributed by atoms with E-state index in [1.165, 1.54) is 16.7 Å². The summed E-state index contributed by atoms with van der Waals surface area (Å²) in [5, 5.41) is 16.7. The number of hydrogen-bond acceptors (Lipinski definition) is 5. The lowest BCUT2D eigenvalue weighted by Gasteiger charge is -2.26. The minimum absolute atomic E-state index is 0.100. The molecule has 34 heavy (non-hydrogen) atoms. The van der Waals surface area contributed by atoms with E-state index in [0.29, 0.717) is 34.1 Å². The summed E-state index contributed by atoms with van der Waals surface area (Å²) in [5.74, 6) is 1.89. The average molecular weight is 447 g/mol. The van der Waals surface area contributed by atoms with Gasteiger partial charge in [0.2, 0.25) is 11.8 Å². The third-order valence-corrected chi connectivity index (χ3v) is 6.54. The van der Waals surface area contributed by atoms with Gasteiger partial charge in [0.15, 0.2) is 23.0 Å². The Balaban J connectivity index is 1.36. The molecule has 1 aliphatic carbocycles. The maximum absolute atomic E-state index is 8.51. The lowest BCUT2D eigenvalue weighted by Crippen LogP contribution is -2.16. The molecule has 2 aliphatic rings. The molecular formula is C29H22N2O3. The van der Waals surface area contributed by atoms with Crippen molar-refractivity contribution in [2.75, 3.05) is 0 Å². The number of fused-ring (bicyclic) bond motifs is 5. The molecule has 0 saturated carbocycles. The van der Waals surface area contributed by atoms with Crippen LogP contribution >= 0.6 is 0 Å². The van der Waals surface area contributed by atoms with Gasteiger partial charge < -0.3 is 14.2 Å². The fourth-order valence-electron chi connectivity index (χ4n) is 4.78. The van der Waals surface area contributed by atoms with Crippen LogP contribution in [0.15, 0.2) is 84.9 Å². The molecule has 0 radical (unpaired) electrons. The van der Waals surface area contributed by atoms with E-state index in [9.17, 15) is 0 Å². The van der Waals surface area contributed by atoms with Crippen LogP contribution in [0, 0.1) is 10.8 Å². The Bertz CT molecular complexity index is 1490. The van der Waals surface area contributed by atoms with Crippen molar-refractivity contribution in [3.05, 3.63) is 107 Å². The van der Waals surface area contributed by atoms with Gasteiger partial charge in [-0.25, -0.2) is 0 Å². The Morgan fingerprint density at radius 1 is 0.676 bits per heavy atom. The number of hydrogen-bond donors (Lipinski definition) is 2. The molecule has 1 aliphatic heterocycles. The van der Waals surface area contributed by atoms with Crippen molar-refractivity contribution in [1.29, 1.82) is 10.8 Å². The highest BCUT2D eigenvalue weighted by molar-refractivity contribution is 6.06. The van der Waals surface area contributed by atoms with Gasteiger partial charge in [-0.3, -0.25) is 10.8 Å². The smallest absolute Gasteiger partial charge is 0.225 e. The van der Waals surface area contributed by atoms with Crippen molar-refractivity contribution >= 4 is 11.8 Å². The van der Waals surface area contributed by atoms with Gasteiger partial charge in [0, 0.05) is 11.0 Å². The van der Waals surface area contributed by atoms with Gasteiger partial charge in [-0.05, 0) is 58.7 Å². The first-order valence-corrected chi connectivity index (χ1v) is 11.1. The first kappa shape index (κ1) is 20.2. The highest BCUT2D eigenvalue weighted by Crippen LogP contribution is 2.55. The van der Waals surface area contributed by atoms with Crippen LogP contribution in [0.25, 0.3) is 11.1 Å². The molecule has 6 rings (SSSR count). The SMILES string of the molecule is CC1(C)c2ccccc2-c2cc3c(cc21)Oc1cccc(C(=N)OC(=N)c2ccccc2)c1O3. The summed E-state index contributed by atoms with van der Waals surface area (Å²) in [7, 11) is 0. The Morgan fingerprint density at radius 2 is 1.41 bits per heavy atom. The molecular weight excluding hydrogens is 424 g/mol. The van der Waals surface area contributed by atoms with E-state index < -0.39 is 0 Å². The van der Waals surface area contributed by atoms with Gasteiger partial charge in [0.25, 0.3) is 0 Å². The second-order valence-electron chi connectivity index (χ2n) is 8.98. The molecule has 0 spiro atoms. The molecule has 5 nitrogen and oxygen atoms in total. The van der Waals surface area contributed by atoms with Gasteiger partial charge in [-0.15, -0.1) is 0 Å². The minimum atomic E-state index is -0.176. The number of nitrogens with one attached hydrogen (secondary N) is 2. The van der Waals surface area contributed by atoms with Crippen LogP contribution in [0.5, 0.6) is 23.0 Å². The van der Waals surface area contributed by atoms with Crippen molar-refractivity contribution in [2.45, 2.75) is 19.3 Å². The van der Waals surface area contributed by atoms with Crippen molar-refractivity contribution in [1.82, 2.24) is 0 Å². The number of ether oxygens (including phenoxy) is 3. The highest BCUT2D eigenvalue weighted by Gasteiger charge is 2.37. The zero-order chi connectivity index (χ0) is 23.4. The first-order chi connectivity index (χ1) is 16.4. The molecule has 0 aromatic heterocycles. The van der Waals surface area contributed by atoms with Crippen LogP contribution in [0.1, 0.15) is 36.1 Å². The second kappa shape index (κ2) is 7.32. The molecule has 0 amide bonds. The zero-order valence-electron chi connectivity index (χ0n) is 18.8. The Morgan fingerprint density at radius 3 is 2.24 bits per heavy atom. The minimum Gasteiger partial charge on any atom is -0.449 e. The third kappa shape index (κ3) is 3.01. The molecule has 1 heterocycles. The van der Waals surface area contributed by atoms with Crippen LogP contribution in [-0.2, 0) is 10.2 Å². The fraction of sp³-hybridized carbons (Fsp3) is 0.103. The van der Waals surface area contributed by atoms with Gasteiger partial charge in [0.1, 0.15) is 0 Å². The lowest BCUT2D eigenvalue weighted by molar-refractivity contribution is 0.357. The summed E-state index contributed by atoms with van der Waals surface area (Å²) in [5.41, 5.74) is 5.67. The maximum Gasteiger partial charge on any atom is 0.225 e. The molecule has 4 aromatic rings. The third-order valence-electron chi connectivity index (χ3n) is 6.54. The van der Waals surface area contributed by atoms with Crippen LogP contribution in [-0.4, -0.2) is 11.8 Å². The largest absolute Gasteiger partial charge is 0.449 e. The zero-order valence-corrected chi connectivity index (χ0v) is 18.8. The summed E-state index contributed by atoms with van der Waals surface area (Å²) >= 11 is 0. The molecule has 166 valence electrons. The van der Waals surface area contributed by atoms with E-state index in [1.54, 1.807) is 24.3 Å². The predicted molar refractivity (Wildman–Crippen MR) is 132 cm³/mol. The van der Waals surface area contributed by atoms with Gasteiger partial charge in [-0.1, -0.05) is 62.4 Å². The highest BCUT2D eigenvalue weighted by atomic mass is 16.6. The number of rotatable bonds is 2. The Kier molecular flexibility index (Phi) is 4.36. The molecule has 0 bridgehead atoms. The predicted octanol–water partition coefficient (Wildman–Crippen LogP) is 7.26. The molecule has 0 fully saturated rings. The van der Waals surface area contributed by atoms with Crippen LogP contribution < -0.4 is 9.47 Å². The van der Waals surface area contributed by atoms with Crippen LogP contribution in [0.4, 0.5) is 0 Å². The average Bonchev–Trinajstić information content (AvgIpc) is 3.08. The monoisotopic (exact) mass is 446 g/mol.